The molecular weight excluding hydrogens is 378 g/mol. The van der Waals surface area contributed by atoms with Gasteiger partial charge in [-0.1, -0.05) is 30.3 Å². The summed E-state index contributed by atoms with van der Waals surface area (Å²) in [6.45, 7) is 0. The van der Waals surface area contributed by atoms with Crippen LogP contribution in [0.4, 0.5) is 0 Å². The van der Waals surface area contributed by atoms with Crippen molar-refractivity contribution in [3.63, 3.8) is 0 Å². The van der Waals surface area contributed by atoms with E-state index in [0.717, 1.165) is 38.7 Å². The van der Waals surface area contributed by atoms with Gasteiger partial charge < -0.3 is 14.6 Å². The van der Waals surface area contributed by atoms with Gasteiger partial charge in [-0.15, -0.1) is 0 Å². The van der Waals surface area contributed by atoms with Gasteiger partial charge in [-0.25, -0.2) is 4.98 Å². The first-order chi connectivity index (χ1) is 14.7. The van der Waals surface area contributed by atoms with Crippen LogP contribution in [-0.2, 0) is 0 Å². The van der Waals surface area contributed by atoms with Gasteiger partial charge in [0.25, 0.3) is 0 Å². The van der Waals surface area contributed by atoms with Crippen LogP contribution in [0.15, 0.2) is 66.7 Å². The molecule has 0 spiro atoms. The third-order valence-electron chi connectivity index (χ3n) is 5.22. The number of aromatic nitrogens is 3. The van der Waals surface area contributed by atoms with Crippen LogP contribution in [0.5, 0.6) is 17.2 Å². The molecule has 2 heterocycles. The van der Waals surface area contributed by atoms with Gasteiger partial charge in [0.2, 0.25) is 0 Å². The number of ether oxygens (including phenoxy) is 2. The quantitative estimate of drug-likeness (QED) is 0.437. The SMILES string of the molecule is COc1cc2c(-c3ccc(O)cc3)nc3n[nH]c(-c4ccccc4)c3c2cc1OC. The fraction of sp³-hybridized carbons (Fsp3) is 0.0833. The third-order valence-corrected chi connectivity index (χ3v) is 5.22. The maximum atomic E-state index is 9.69. The van der Waals surface area contributed by atoms with E-state index in [2.05, 4.69) is 10.2 Å². The largest absolute Gasteiger partial charge is 0.508 e. The third kappa shape index (κ3) is 2.81. The van der Waals surface area contributed by atoms with E-state index >= 15 is 0 Å². The maximum Gasteiger partial charge on any atom is 0.182 e. The monoisotopic (exact) mass is 397 g/mol. The first kappa shape index (κ1) is 18.0. The Bertz CT molecular complexity index is 1360. The molecule has 0 saturated heterocycles. The maximum absolute atomic E-state index is 9.69. The number of aromatic amines is 1. The lowest BCUT2D eigenvalue weighted by atomic mass is 9.98. The molecule has 0 aliphatic heterocycles. The molecule has 3 aromatic carbocycles. The van der Waals surface area contributed by atoms with Gasteiger partial charge >= 0.3 is 0 Å². The van der Waals surface area contributed by atoms with Crippen molar-refractivity contribution in [2.24, 2.45) is 0 Å². The lowest BCUT2D eigenvalue weighted by molar-refractivity contribution is 0.356. The molecule has 5 rings (SSSR count). The number of hydrogen-bond acceptors (Lipinski definition) is 5. The molecule has 30 heavy (non-hydrogen) atoms. The van der Waals surface area contributed by atoms with Crippen molar-refractivity contribution in [1.29, 1.82) is 0 Å². The van der Waals surface area contributed by atoms with Crippen LogP contribution < -0.4 is 9.47 Å². The van der Waals surface area contributed by atoms with E-state index in [1.165, 1.54) is 0 Å². The van der Waals surface area contributed by atoms with Crippen LogP contribution in [0.1, 0.15) is 0 Å². The van der Waals surface area contributed by atoms with Gasteiger partial charge in [0, 0.05) is 21.9 Å². The summed E-state index contributed by atoms with van der Waals surface area (Å²) < 4.78 is 11.1. The zero-order chi connectivity index (χ0) is 20.7. The van der Waals surface area contributed by atoms with Crippen molar-refractivity contribution in [2.75, 3.05) is 14.2 Å². The van der Waals surface area contributed by atoms with Crippen LogP contribution in [0.3, 0.4) is 0 Å². The van der Waals surface area contributed by atoms with E-state index in [9.17, 15) is 5.11 Å². The summed E-state index contributed by atoms with van der Waals surface area (Å²) in [6.07, 6.45) is 0. The lowest BCUT2D eigenvalue weighted by Gasteiger charge is -2.13. The van der Waals surface area contributed by atoms with E-state index in [0.29, 0.717) is 17.1 Å². The molecule has 2 N–H and O–H groups in total. The molecule has 0 atom stereocenters. The Kier molecular flexibility index (Phi) is 4.25. The van der Waals surface area contributed by atoms with E-state index in [1.54, 1.807) is 26.4 Å². The Balaban J connectivity index is 1.91. The fourth-order valence-corrected chi connectivity index (χ4v) is 3.77. The summed E-state index contributed by atoms with van der Waals surface area (Å²) in [5.74, 6) is 1.46. The number of nitrogens with one attached hydrogen (secondary N) is 1. The number of H-pyrrole nitrogens is 1. The number of nitrogens with zero attached hydrogens (tertiary/aromatic N) is 2. The summed E-state index contributed by atoms with van der Waals surface area (Å²) in [6, 6.07) is 20.9. The molecule has 0 unspecified atom stereocenters. The smallest absolute Gasteiger partial charge is 0.182 e. The van der Waals surface area contributed by atoms with Gasteiger partial charge in [-0.05, 0) is 36.4 Å². The van der Waals surface area contributed by atoms with E-state index in [1.807, 2.05) is 54.6 Å². The van der Waals surface area contributed by atoms with Crippen molar-refractivity contribution >= 4 is 21.8 Å². The molecule has 0 aliphatic carbocycles. The summed E-state index contributed by atoms with van der Waals surface area (Å²) >= 11 is 0. The van der Waals surface area contributed by atoms with E-state index < -0.39 is 0 Å². The Hall–Kier alpha value is -4.06. The molecule has 148 valence electrons. The normalized spacial score (nSPS) is 11.1. The highest BCUT2D eigenvalue weighted by Gasteiger charge is 2.19. The first-order valence-corrected chi connectivity index (χ1v) is 9.48. The van der Waals surface area contributed by atoms with Gasteiger partial charge in [0.05, 0.1) is 31.0 Å². The number of aromatic hydroxyl groups is 1. The molecule has 6 heteroatoms. The van der Waals surface area contributed by atoms with Gasteiger partial charge in [0.1, 0.15) is 5.75 Å². The van der Waals surface area contributed by atoms with Crippen molar-refractivity contribution in [3.05, 3.63) is 66.7 Å². The number of pyridine rings is 1. The minimum atomic E-state index is 0.203. The van der Waals surface area contributed by atoms with Crippen LogP contribution >= 0.6 is 0 Å². The topological polar surface area (TPSA) is 80.3 Å². The van der Waals surface area contributed by atoms with Crippen molar-refractivity contribution in [2.45, 2.75) is 0 Å². The van der Waals surface area contributed by atoms with Crippen LogP contribution in [0.25, 0.3) is 44.3 Å². The minimum Gasteiger partial charge on any atom is -0.508 e. The highest BCUT2D eigenvalue weighted by molar-refractivity contribution is 6.15. The second-order valence-electron chi connectivity index (χ2n) is 6.92. The average molecular weight is 397 g/mol. The van der Waals surface area contributed by atoms with Crippen LogP contribution in [0.2, 0.25) is 0 Å². The molecule has 2 aromatic heterocycles. The zero-order valence-corrected chi connectivity index (χ0v) is 16.5. The minimum absolute atomic E-state index is 0.203. The van der Waals surface area contributed by atoms with Crippen LogP contribution in [0, 0.1) is 0 Å². The summed E-state index contributed by atoms with van der Waals surface area (Å²) in [7, 11) is 3.24. The van der Waals surface area contributed by atoms with Crippen molar-refractivity contribution < 1.29 is 14.6 Å². The Labute approximate surface area is 172 Å². The molecule has 5 aromatic rings. The summed E-state index contributed by atoms with van der Waals surface area (Å²) in [5.41, 5.74) is 4.15. The predicted octanol–water partition coefficient (Wildman–Crippen LogP) is 5.17. The molecule has 6 nitrogen and oxygen atoms in total. The molecule has 0 bridgehead atoms. The first-order valence-electron chi connectivity index (χ1n) is 9.48. The van der Waals surface area contributed by atoms with Crippen molar-refractivity contribution in [1.82, 2.24) is 15.2 Å². The number of benzene rings is 3. The average Bonchev–Trinajstić information content (AvgIpc) is 3.23. The summed E-state index contributed by atoms with van der Waals surface area (Å²) in [5, 5.41) is 20.1. The Morgan fingerprint density at radius 1 is 0.800 bits per heavy atom. The van der Waals surface area contributed by atoms with E-state index in [4.69, 9.17) is 14.5 Å². The van der Waals surface area contributed by atoms with Crippen molar-refractivity contribution in [3.8, 4) is 39.8 Å². The number of rotatable bonds is 4. The molecule has 0 saturated carbocycles. The lowest BCUT2D eigenvalue weighted by Crippen LogP contribution is -1.94. The van der Waals surface area contributed by atoms with Gasteiger partial charge in [-0.3, -0.25) is 5.10 Å². The Morgan fingerprint density at radius 3 is 2.13 bits per heavy atom. The number of hydrogen-bond donors (Lipinski definition) is 2. The fourth-order valence-electron chi connectivity index (χ4n) is 3.77. The van der Waals surface area contributed by atoms with Gasteiger partial charge in [-0.2, -0.15) is 5.10 Å². The highest BCUT2D eigenvalue weighted by atomic mass is 16.5. The predicted molar refractivity (Wildman–Crippen MR) is 117 cm³/mol. The van der Waals surface area contributed by atoms with E-state index in [-0.39, 0.29) is 5.75 Å². The second-order valence-corrected chi connectivity index (χ2v) is 6.92. The van der Waals surface area contributed by atoms with Gasteiger partial charge in [0.15, 0.2) is 17.1 Å². The summed E-state index contributed by atoms with van der Waals surface area (Å²) in [4.78, 5) is 4.86. The number of fused-ring (bicyclic) bond motifs is 3. The zero-order valence-electron chi connectivity index (χ0n) is 16.5. The molecule has 0 amide bonds. The number of phenols is 1. The molecule has 0 fully saturated rings. The standard InChI is InChI=1S/C24H19N3O3/c1-29-19-12-17-18(13-20(19)30-2)22(15-8-10-16(28)11-9-15)25-24-21(17)23(26-27-24)14-6-4-3-5-7-14/h3-13,28H,1-2H3,(H,25,26,27). The highest BCUT2D eigenvalue weighted by Crippen LogP contribution is 2.41. The Morgan fingerprint density at radius 2 is 1.47 bits per heavy atom. The molecule has 0 aliphatic rings. The number of phenolic OH excluding ortho intramolecular Hbond substituents is 1. The van der Waals surface area contributed by atoms with Crippen LogP contribution in [-0.4, -0.2) is 34.5 Å². The second kappa shape index (κ2) is 7.08. The molecular formula is C24H19N3O3. The number of methoxy groups -OCH3 is 2. The molecule has 0 radical (unpaired) electrons.